The fourth-order valence-electron chi connectivity index (χ4n) is 1.77. The minimum Gasteiger partial charge on any atom is -0.324 e. The Morgan fingerprint density at radius 1 is 1.05 bits per heavy atom. The molecule has 19 heavy (non-hydrogen) atoms. The van der Waals surface area contributed by atoms with Gasteiger partial charge in [-0.15, -0.1) is 10.2 Å². The van der Waals surface area contributed by atoms with Gasteiger partial charge < -0.3 is 5.73 Å². The Kier molecular flexibility index (Phi) is 2.68. The van der Waals surface area contributed by atoms with E-state index in [0.29, 0.717) is 22.7 Å². The molecule has 2 heterocycles. The highest BCUT2D eigenvalue weighted by atomic mass is 19.2. The van der Waals surface area contributed by atoms with E-state index in [9.17, 15) is 8.78 Å². The Morgan fingerprint density at radius 3 is 2.63 bits per heavy atom. The standard InChI is InChI=1S/C12H9F2N5/c13-8-2-1-7(5-9(8)14)10-3-4-11-16-17-12(6-15)19(11)18-10/h1-5H,6,15H2. The molecule has 0 aliphatic heterocycles. The third-order valence-electron chi connectivity index (χ3n) is 2.73. The summed E-state index contributed by atoms with van der Waals surface area (Å²) >= 11 is 0. The summed E-state index contributed by atoms with van der Waals surface area (Å²) in [4.78, 5) is 0. The molecule has 2 aromatic heterocycles. The van der Waals surface area contributed by atoms with Crippen LogP contribution in [0.1, 0.15) is 5.82 Å². The minimum absolute atomic E-state index is 0.190. The first-order chi connectivity index (χ1) is 9.19. The van der Waals surface area contributed by atoms with Gasteiger partial charge in [-0.05, 0) is 30.3 Å². The van der Waals surface area contributed by atoms with Crippen molar-refractivity contribution in [2.24, 2.45) is 5.73 Å². The molecule has 0 aliphatic carbocycles. The van der Waals surface area contributed by atoms with Crippen LogP contribution in [0.25, 0.3) is 16.9 Å². The maximum atomic E-state index is 13.2. The molecule has 0 radical (unpaired) electrons. The van der Waals surface area contributed by atoms with E-state index in [-0.39, 0.29) is 6.54 Å². The number of aromatic nitrogens is 4. The number of halogens is 2. The van der Waals surface area contributed by atoms with E-state index < -0.39 is 11.6 Å². The van der Waals surface area contributed by atoms with Gasteiger partial charge in [0.1, 0.15) is 0 Å². The first-order valence-electron chi connectivity index (χ1n) is 5.56. The first-order valence-corrected chi connectivity index (χ1v) is 5.56. The third-order valence-corrected chi connectivity index (χ3v) is 2.73. The van der Waals surface area contributed by atoms with Crippen LogP contribution in [0.5, 0.6) is 0 Å². The monoisotopic (exact) mass is 261 g/mol. The summed E-state index contributed by atoms with van der Waals surface area (Å²) < 4.78 is 27.6. The van der Waals surface area contributed by atoms with Crippen molar-refractivity contribution in [3.63, 3.8) is 0 Å². The van der Waals surface area contributed by atoms with Crippen molar-refractivity contribution in [1.29, 1.82) is 0 Å². The molecule has 1 aromatic carbocycles. The summed E-state index contributed by atoms with van der Waals surface area (Å²) in [5, 5.41) is 12.0. The normalized spacial score (nSPS) is 11.1. The summed E-state index contributed by atoms with van der Waals surface area (Å²) in [6.07, 6.45) is 0. The summed E-state index contributed by atoms with van der Waals surface area (Å²) in [5.41, 5.74) is 7.02. The van der Waals surface area contributed by atoms with Crippen molar-refractivity contribution in [1.82, 2.24) is 19.8 Å². The van der Waals surface area contributed by atoms with Gasteiger partial charge in [0, 0.05) is 5.56 Å². The second-order valence-electron chi connectivity index (χ2n) is 3.94. The molecule has 2 N–H and O–H groups in total. The van der Waals surface area contributed by atoms with Crippen LogP contribution in [-0.4, -0.2) is 19.8 Å². The average Bonchev–Trinajstić information content (AvgIpc) is 2.84. The van der Waals surface area contributed by atoms with Crippen LogP contribution < -0.4 is 5.73 Å². The van der Waals surface area contributed by atoms with Crippen LogP contribution in [-0.2, 0) is 6.54 Å². The van der Waals surface area contributed by atoms with Crippen LogP contribution in [0, 0.1) is 11.6 Å². The van der Waals surface area contributed by atoms with Gasteiger partial charge >= 0.3 is 0 Å². The second-order valence-corrected chi connectivity index (χ2v) is 3.94. The van der Waals surface area contributed by atoms with E-state index in [4.69, 9.17) is 5.73 Å². The van der Waals surface area contributed by atoms with Crippen molar-refractivity contribution in [3.8, 4) is 11.3 Å². The van der Waals surface area contributed by atoms with Crippen molar-refractivity contribution >= 4 is 5.65 Å². The predicted octanol–water partition coefficient (Wildman–Crippen LogP) is 1.53. The molecule has 0 atom stereocenters. The zero-order valence-electron chi connectivity index (χ0n) is 9.72. The average molecular weight is 261 g/mol. The Bertz CT molecular complexity index is 753. The van der Waals surface area contributed by atoms with Crippen LogP contribution in [0.15, 0.2) is 30.3 Å². The largest absolute Gasteiger partial charge is 0.324 e. The molecule has 0 amide bonds. The SMILES string of the molecule is NCc1nnc2ccc(-c3ccc(F)c(F)c3)nn12. The van der Waals surface area contributed by atoms with Gasteiger partial charge in [0.25, 0.3) is 0 Å². The first kappa shape index (κ1) is 11.7. The van der Waals surface area contributed by atoms with Crippen LogP contribution in [0.4, 0.5) is 8.78 Å². The zero-order chi connectivity index (χ0) is 13.4. The lowest BCUT2D eigenvalue weighted by atomic mass is 10.1. The van der Waals surface area contributed by atoms with Gasteiger partial charge in [-0.3, -0.25) is 0 Å². The fourth-order valence-corrected chi connectivity index (χ4v) is 1.77. The maximum absolute atomic E-state index is 13.2. The van der Waals surface area contributed by atoms with Gasteiger partial charge in [-0.2, -0.15) is 9.61 Å². The molecule has 96 valence electrons. The number of hydrogen-bond acceptors (Lipinski definition) is 4. The van der Waals surface area contributed by atoms with Crippen LogP contribution in [0.2, 0.25) is 0 Å². The molecule has 5 nitrogen and oxygen atoms in total. The lowest BCUT2D eigenvalue weighted by molar-refractivity contribution is 0.509. The Balaban J connectivity index is 2.16. The number of nitrogens with zero attached hydrogens (tertiary/aromatic N) is 4. The summed E-state index contributed by atoms with van der Waals surface area (Å²) in [6, 6.07) is 6.97. The molecule has 0 bridgehead atoms. The number of rotatable bonds is 2. The molecular weight excluding hydrogens is 252 g/mol. The molecule has 0 unspecified atom stereocenters. The number of nitrogens with two attached hydrogens (primary N) is 1. The van der Waals surface area contributed by atoms with Gasteiger partial charge in [-0.25, -0.2) is 8.78 Å². The summed E-state index contributed by atoms with van der Waals surface area (Å²) in [6.45, 7) is 0.190. The number of fused-ring (bicyclic) bond motifs is 1. The van der Waals surface area contributed by atoms with Gasteiger partial charge in [0.15, 0.2) is 23.1 Å². The number of benzene rings is 1. The van der Waals surface area contributed by atoms with Crippen molar-refractivity contribution < 1.29 is 8.78 Å². The second kappa shape index (κ2) is 4.36. The predicted molar refractivity (Wildman–Crippen MR) is 64.0 cm³/mol. The molecule has 0 saturated heterocycles. The molecule has 0 spiro atoms. The molecular formula is C12H9F2N5. The van der Waals surface area contributed by atoms with Gasteiger partial charge in [0.05, 0.1) is 12.2 Å². The van der Waals surface area contributed by atoms with Gasteiger partial charge in [0.2, 0.25) is 0 Å². The number of hydrogen-bond donors (Lipinski definition) is 1. The molecule has 0 aliphatic rings. The lowest BCUT2D eigenvalue weighted by Gasteiger charge is -2.03. The van der Waals surface area contributed by atoms with Crippen LogP contribution >= 0.6 is 0 Å². The summed E-state index contributed by atoms with van der Waals surface area (Å²) in [5.74, 6) is -1.31. The highest BCUT2D eigenvalue weighted by molar-refractivity contribution is 5.60. The van der Waals surface area contributed by atoms with Gasteiger partial charge in [-0.1, -0.05) is 0 Å². The Morgan fingerprint density at radius 2 is 1.89 bits per heavy atom. The maximum Gasteiger partial charge on any atom is 0.177 e. The Labute approximate surface area is 106 Å². The molecule has 7 heteroatoms. The van der Waals surface area contributed by atoms with E-state index >= 15 is 0 Å². The molecule has 0 fully saturated rings. The van der Waals surface area contributed by atoms with Crippen LogP contribution in [0.3, 0.4) is 0 Å². The zero-order valence-corrected chi connectivity index (χ0v) is 9.72. The fraction of sp³-hybridized carbons (Fsp3) is 0.0833. The molecule has 0 saturated carbocycles. The summed E-state index contributed by atoms with van der Waals surface area (Å²) in [7, 11) is 0. The van der Waals surface area contributed by atoms with Crippen molar-refractivity contribution in [2.45, 2.75) is 6.54 Å². The third kappa shape index (κ3) is 1.93. The topological polar surface area (TPSA) is 69.1 Å². The van der Waals surface area contributed by atoms with E-state index in [0.717, 1.165) is 12.1 Å². The van der Waals surface area contributed by atoms with E-state index in [1.807, 2.05) is 0 Å². The highest BCUT2D eigenvalue weighted by Crippen LogP contribution is 2.19. The van der Waals surface area contributed by atoms with E-state index in [2.05, 4.69) is 15.3 Å². The minimum atomic E-state index is -0.915. The smallest absolute Gasteiger partial charge is 0.177 e. The quantitative estimate of drug-likeness (QED) is 0.759. The Hall–Kier alpha value is -2.41. The van der Waals surface area contributed by atoms with Crippen molar-refractivity contribution in [3.05, 3.63) is 47.8 Å². The lowest BCUT2D eigenvalue weighted by Crippen LogP contribution is -2.05. The van der Waals surface area contributed by atoms with E-state index in [1.165, 1.54) is 10.6 Å². The molecule has 3 aromatic rings. The highest BCUT2D eigenvalue weighted by Gasteiger charge is 2.09. The van der Waals surface area contributed by atoms with Crippen molar-refractivity contribution in [2.75, 3.05) is 0 Å². The van der Waals surface area contributed by atoms with E-state index in [1.54, 1.807) is 12.1 Å². The molecule has 3 rings (SSSR count).